The van der Waals surface area contributed by atoms with Gasteiger partial charge in [-0.05, 0) is 40.4 Å². The Hall–Kier alpha value is -1.60. The Balaban J connectivity index is 2.14. The summed E-state index contributed by atoms with van der Waals surface area (Å²) < 4.78 is 5.99. The Labute approximate surface area is 129 Å². The molecule has 0 radical (unpaired) electrons. The minimum Gasteiger partial charge on any atom is -0.462 e. The average molecular weight is 356 g/mol. The van der Waals surface area contributed by atoms with Gasteiger partial charge in [-0.25, -0.2) is 9.78 Å². The summed E-state index contributed by atoms with van der Waals surface area (Å²) in [5.41, 5.74) is 6.59. The molecule has 0 saturated carbocycles. The van der Waals surface area contributed by atoms with E-state index in [1.807, 2.05) is 11.4 Å². The third-order valence-corrected chi connectivity index (χ3v) is 4.52. The Bertz CT molecular complexity index is 615. The molecule has 0 unspecified atom stereocenters. The molecule has 0 aromatic carbocycles. The molecule has 3 N–H and O–H groups in total. The van der Waals surface area contributed by atoms with Gasteiger partial charge in [0, 0.05) is 15.5 Å². The number of rotatable bonds is 5. The Kier molecular flexibility index (Phi) is 4.97. The number of nitrogens with zero attached hydrogens (tertiary/aromatic N) is 1. The zero-order valence-electron chi connectivity index (χ0n) is 10.9. The number of nitrogens with one attached hydrogen (secondary N) is 1. The molecule has 2 aromatic heterocycles. The van der Waals surface area contributed by atoms with E-state index in [4.69, 9.17) is 10.5 Å². The van der Waals surface area contributed by atoms with Crippen LogP contribution in [-0.4, -0.2) is 17.6 Å². The van der Waals surface area contributed by atoms with Crippen LogP contribution < -0.4 is 11.1 Å². The Morgan fingerprint density at radius 2 is 2.35 bits per heavy atom. The van der Waals surface area contributed by atoms with Gasteiger partial charge >= 0.3 is 5.97 Å². The van der Waals surface area contributed by atoms with E-state index in [-0.39, 0.29) is 0 Å². The van der Waals surface area contributed by atoms with E-state index in [1.54, 1.807) is 24.3 Å². The fourth-order valence-electron chi connectivity index (χ4n) is 1.62. The van der Waals surface area contributed by atoms with Crippen molar-refractivity contribution in [3.8, 4) is 0 Å². The molecule has 0 bridgehead atoms. The molecule has 0 spiro atoms. The first kappa shape index (κ1) is 14.8. The number of hydrogen-bond acceptors (Lipinski definition) is 6. The van der Waals surface area contributed by atoms with Gasteiger partial charge in [-0.15, -0.1) is 11.3 Å². The highest BCUT2D eigenvalue weighted by Gasteiger charge is 2.14. The normalized spacial score (nSPS) is 10.3. The summed E-state index contributed by atoms with van der Waals surface area (Å²) in [6.45, 7) is 2.65. The molecule has 106 valence electrons. The summed E-state index contributed by atoms with van der Waals surface area (Å²) in [4.78, 5) is 17.0. The molecule has 0 fully saturated rings. The number of esters is 1. The maximum Gasteiger partial charge on any atom is 0.340 e. The number of pyridine rings is 1. The standard InChI is InChI=1S/C13H14BrN3O2S/c1-2-19-13(18)8-3-5-16-12(11(8)15)17-7-10-9(14)4-6-20-10/h3-6H,2,7,15H2,1H3,(H,16,17). The predicted molar refractivity (Wildman–Crippen MR) is 84.0 cm³/mol. The maximum atomic E-state index is 11.7. The lowest BCUT2D eigenvalue weighted by Crippen LogP contribution is -2.11. The van der Waals surface area contributed by atoms with Crippen LogP contribution in [-0.2, 0) is 11.3 Å². The van der Waals surface area contributed by atoms with Gasteiger partial charge in [-0.3, -0.25) is 0 Å². The van der Waals surface area contributed by atoms with Crippen LogP contribution in [0.1, 0.15) is 22.2 Å². The van der Waals surface area contributed by atoms with Crippen molar-refractivity contribution in [1.82, 2.24) is 4.98 Å². The monoisotopic (exact) mass is 355 g/mol. The second-order valence-corrected chi connectivity index (χ2v) is 5.74. The second kappa shape index (κ2) is 6.71. The van der Waals surface area contributed by atoms with Gasteiger partial charge < -0.3 is 15.8 Å². The van der Waals surface area contributed by atoms with Crippen LogP contribution in [0, 0.1) is 0 Å². The van der Waals surface area contributed by atoms with Crippen LogP contribution in [0.2, 0.25) is 0 Å². The molecule has 0 atom stereocenters. The van der Waals surface area contributed by atoms with E-state index in [9.17, 15) is 4.79 Å². The van der Waals surface area contributed by atoms with Gasteiger partial charge in [0.15, 0.2) is 0 Å². The lowest BCUT2D eigenvalue weighted by Gasteiger charge is -2.11. The summed E-state index contributed by atoms with van der Waals surface area (Å²) in [7, 11) is 0. The molecular formula is C13H14BrN3O2S. The minimum absolute atomic E-state index is 0.304. The van der Waals surface area contributed by atoms with Crippen molar-refractivity contribution in [2.24, 2.45) is 0 Å². The SMILES string of the molecule is CCOC(=O)c1ccnc(NCc2sccc2Br)c1N. The molecule has 2 aromatic rings. The maximum absolute atomic E-state index is 11.7. The third kappa shape index (κ3) is 3.29. The molecule has 2 rings (SSSR count). The molecule has 0 amide bonds. The van der Waals surface area contributed by atoms with Gasteiger partial charge in [0.25, 0.3) is 0 Å². The van der Waals surface area contributed by atoms with Crippen LogP contribution in [0.25, 0.3) is 0 Å². The van der Waals surface area contributed by atoms with Crippen LogP contribution in [0.15, 0.2) is 28.2 Å². The molecule has 7 heteroatoms. The van der Waals surface area contributed by atoms with E-state index in [1.165, 1.54) is 6.20 Å². The fourth-order valence-corrected chi connectivity index (χ4v) is 3.05. The molecule has 0 aliphatic rings. The summed E-state index contributed by atoms with van der Waals surface area (Å²) in [6.07, 6.45) is 1.54. The van der Waals surface area contributed by atoms with Crippen molar-refractivity contribution in [1.29, 1.82) is 0 Å². The first-order valence-corrected chi connectivity index (χ1v) is 7.68. The van der Waals surface area contributed by atoms with E-state index in [0.29, 0.717) is 30.2 Å². The van der Waals surface area contributed by atoms with E-state index in [0.717, 1.165) is 9.35 Å². The predicted octanol–water partition coefficient (Wildman–Crippen LogP) is 3.28. The quantitative estimate of drug-likeness (QED) is 0.804. The lowest BCUT2D eigenvalue weighted by atomic mass is 10.2. The molecular weight excluding hydrogens is 342 g/mol. The van der Waals surface area contributed by atoms with Crippen molar-refractivity contribution in [2.75, 3.05) is 17.7 Å². The number of thiophene rings is 1. The number of halogens is 1. The minimum atomic E-state index is -0.437. The molecule has 2 heterocycles. The molecule has 0 aliphatic heterocycles. The number of carbonyl (C=O) groups excluding carboxylic acids is 1. The zero-order chi connectivity index (χ0) is 14.5. The van der Waals surface area contributed by atoms with Gasteiger partial charge in [-0.1, -0.05) is 0 Å². The van der Waals surface area contributed by atoms with Gasteiger partial charge in [0.05, 0.1) is 24.4 Å². The average Bonchev–Trinajstić information content (AvgIpc) is 2.83. The summed E-state index contributed by atoms with van der Waals surface area (Å²) in [5.74, 6) is 0.0450. The van der Waals surface area contributed by atoms with Crippen molar-refractivity contribution in [2.45, 2.75) is 13.5 Å². The second-order valence-electron chi connectivity index (χ2n) is 3.89. The molecule has 20 heavy (non-hydrogen) atoms. The first-order valence-electron chi connectivity index (χ1n) is 6.00. The summed E-state index contributed by atoms with van der Waals surface area (Å²) in [5, 5.41) is 5.12. The van der Waals surface area contributed by atoms with Crippen molar-refractivity contribution in [3.63, 3.8) is 0 Å². The number of anilines is 2. The Morgan fingerprint density at radius 1 is 1.55 bits per heavy atom. The lowest BCUT2D eigenvalue weighted by molar-refractivity contribution is 0.0527. The molecule has 0 aliphatic carbocycles. The summed E-state index contributed by atoms with van der Waals surface area (Å²) in [6, 6.07) is 3.53. The number of carbonyl (C=O) groups is 1. The van der Waals surface area contributed by atoms with Crippen LogP contribution in [0.4, 0.5) is 11.5 Å². The highest BCUT2D eigenvalue weighted by molar-refractivity contribution is 9.10. The van der Waals surface area contributed by atoms with Crippen LogP contribution >= 0.6 is 27.3 Å². The largest absolute Gasteiger partial charge is 0.462 e. The van der Waals surface area contributed by atoms with Crippen molar-refractivity contribution < 1.29 is 9.53 Å². The van der Waals surface area contributed by atoms with Crippen LogP contribution in [0.5, 0.6) is 0 Å². The van der Waals surface area contributed by atoms with E-state index in [2.05, 4.69) is 26.2 Å². The van der Waals surface area contributed by atoms with Gasteiger partial charge in [0.2, 0.25) is 0 Å². The summed E-state index contributed by atoms with van der Waals surface area (Å²) >= 11 is 5.08. The number of ether oxygens (including phenoxy) is 1. The van der Waals surface area contributed by atoms with Gasteiger partial charge in [-0.2, -0.15) is 0 Å². The number of nitrogen functional groups attached to an aromatic ring is 1. The third-order valence-electron chi connectivity index (χ3n) is 2.59. The highest BCUT2D eigenvalue weighted by Crippen LogP contribution is 2.25. The number of hydrogen-bond donors (Lipinski definition) is 2. The number of aromatic nitrogens is 1. The highest BCUT2D eigenvalue weighted by atomic mass is 79.9. The number of nitrogens with two attached hydrogens (primary N) is 1. The zero-order valence-corrected chi connectivity index (χ0v) is 13.3. The van der Waals surface area contributed by atoms with E-state index >= 15 is 0 Å². The first-order chi connectivity index (χ1) is 9.63. The van der Waals surface area contributed by atoms with Crippen molar-refractivity contribution in [3.05, 3.63) is 38.6 Å². The van der Waals surface area contributed by atoms with Crippen molar-refractivity contribution >= 4 is 44.7 Å². The smallest absolute Gasteiger partial charge is 0.340 e. The van der Waals surface area contributed by atoms with Gasteiger partial charge in [0.1, 0.15) is 5.82 Å². The fraction of sp³-hybridized carbons (Fsp3) is 0.231. The molecule has 5 nitrogen and oxygen atoms in total. The molecule has 0 saturated heterocycles. The Morgan fingerprint density at radius 3 is 3.00 bits per heavy atom. The van der Waals surface area contributed by atoms with Crippen LogP contribution in [0.3, 0.4) is 0 Å². The topological polar surface area (TPSA) is 77.2 Å². The van der Waals surface area contributed by atoms with E-state index < -0.39 is 5.97 Å².